The number of aromatic nitrogens is 2. The number of hydrogen-bond donors (Lipinski definition) is 0. The van der Waals surface area contributed by atoms with Crippen LogP contribution < -0.4 is 0 Å². The second kappa shape index (κ2) is 8.39. The highest BCUT2D eigenvalue weighted by molar-refractivity contribution is 6.30. The number of piperidine rings is 1. The average Bonchev–Trinajstić information content (AvgIpc) is 3.20. The molecule has 1 aliphatic rings. The third kappa shape index (κ3) is 4.21. The van der Waals surface area contributed by atoms with Gasteiger partial charge in [-0.25, -0.2) is 4.68 Å². The minimum atomic E-state index is 0.0312. The van der Waals surface area contributed by atoms with Crippen molar-refractivity contribution in [2.24, 2.45) is 0 Å². The van der Waals surface area contributed by atoms with Gasteiger partial charge < -0.3 is 9.80 Å². The maximum atomic E-state index is 13.5. The molecule has 1 amide bonds. The van der Waals surface area contributed by atoms with Crippen molar-refractivity contribution in [3.63, 3.8) is 0 Å². The van der Waals surface area contributed by atoms with Gasteiger partial charge in [0.05, 0.1) is 11.3 Å². The molecular formula is C23H25ClN4O. The van der Waals surface area contributed by atoms with Crippen molar-refractivity contribution in [2.75, 3.05) is 27.2 Å². The first kappa shape index (κ1) is 19.7. The lowest BCUT2D eigenvalue weighted by Gasteiger charge is -2.36. The molecule has 0 saturated carbocycles. The number of carbonyl (C=O) groups excluding carboxylic acids is 1. The van der Waals surface area contributed by atoms with Gasteiger partial charge in [0.1, 0.15) is 5.69 Å². The highest BCUT2D eigenvalue weighted by Gasteiger charge is 2.28. The molecule has 0 aliphatic carbocycles. The van der Waals surface area contributed by atoms with Crippen LogP contribution in [0.15, 0.2) is 60.8 Å². The van der Waals surface area contributed by atoms with Gasteiger partial charge in [-0.3, -0.25) is 4.79 Å². The van der Waals surface area contributed by atoms with Gasteiger partial charge in [-0.2, -0.15) is 5.10 Å². The van der Waals surface area contributed by atoms with E-state index in [1.165, 1.54) is 0 Å². The summed E-state index contributed by atoms with van der Waals surface area (Å²) in [5, 5.41) is 5.43. The monoisotopic (exact) mass is 408 g/mol. The van der Waals surface area contributed by atoms with Gasteiger partial charge in [0.2, 0.25) is 0 Å². The maximum absolute atomic E-state index is 13.5. The van der Waals surface area contributed by atoms with Crippen LogP contribution in [0.2, 0.25) is 5.02 Å². The molecule has 0 bridgehead atoms. The van der Waals surface area contributed by atoms with Crippen LogP contribution in [0, 0.1) is 0 Å². The molecule has 4 rings (SSSR count). The van der Waals surface area contributed by atoms with E-state index in [-0.39, 0.29) is 5.91 Å². The number of para-hydroxylation sites is 1. The maximum Gasteiger partial charge on any atom is 0.257 e. The number of nitrogens with zero attached hydrogens (tertiary/aromatic N) is 4. The number of halogens is 1. The molecule has 0 radical (unpaired) electrons. The minimum Gasteiger partial charge on any atom is -0.337 e. The molecule has 3 aromatic rings. The molecule has 1 aromatic heterocycles. The number of likely N-dealkylation sites (N-methyl/N-ethyl adjacent to an activating group) is 1. The summed E-state index contributed by atoms with van der Waals surface area (Å²) in [5.41, 5.74) is 3.11. The van der Waals surface area contributed by atoms with E-state index in [0.29, 0.717) is 22.3 Å². The molecule has 2 heterocycles. The fourth-order valence-corrected chi connectivity index (χ4v) is 3.92. The molecule has 1 fully saturated rings. The normalized spacial score (nSPS) is 17.0. The van der Waals surface area contributed by atoms with Crippen LogP contribution in [0.1, 0.15) is 23.2 Å². The summed E-state index contributed by atoms with van der Waals surface area (Å²) in [4.78, 5) is 17.7. The molecule has 1 unspecified atom stereocenters. The predicted octanol–water partition coefficient (Wildman–Crippen LogP) is 4.36. The quantitative estimate of drug-likeness (QED) is 0.644. The van der Waals surface area contributed by atoms with E-state index in [9.17, 15) is 4.79 Å². The molecule has 150 valence electrons. The largest absolute Gasteiger partial charge is 0.337 e. The summed E-state index contributed by atoms with van der Waals surface area (Å²) < 4.78 is 1.78. The molecular weight excluding hydrogens is 384 g/mol. The number of likely N-dealkylation sites (tertiary alicyclic amines) is 1. The third-order valence-corrected chi connectivity index (χ3v) is 5.75. The van der Waals surface area contributed by atoms with Gasteiger partial charge in [0, 0.05) is 35.9 Å². The van der Waals surface area contributed by atoms with E-state index >= 15 is 0 Å². The zero-order valence-electron chi connectivity index (χ0n) is 16.8. The van der Waals surface area contributed by atoms with E-state index in [2.05, 4.69) is 19.0 Å². The van der Waals surface area contributed by atoms with Crippen molar-refractivity contribution < 1.29 is 4.79 Å². The zero-order valence-corrected chi connectivity index (χ0v) is 17.5. The first-order valence-electron chi connectivity index (χ1n) is 9.89. The Kier molecular flexibility index (Phi) is 5.69. The van der Waals surface area contributed by atoms with Crippen LogP contribution >= 0.6 is 11.6 Å². The fourth-order valence-electron chi connectivity index (χ4n) is 3.80. The van der Waals surface area contributed by atoms with Crippen molar-refractivity contribution in [2.45, 2.75) is 18.9 Å². The second-order valence-corrected chi connectivity index (χ2v) is 8.13. The Balaban J connectivity index is 1.73. The van der Waals surface area contributed by atoms with Crippen molar-refractivity contribution >= 4 is 17.5 Å². The standard InChI is InChI=1S/C23H25ClN4O/c1-26(2)20-9-6-14-27(15-20)23(29)21-16-28(19-7-4-3-5-8-19)25-22(21)17-10-12-18(24)13-11-17/h3-5,7-8,10-13,16,20H,6,9,14-15H2,1-2H3. The van der Waals surface area contributed by atoms with Crippen LogP contribution in [0.5, 0.6) is 0 Å². The fraction of sp³-hybridized carbons (Fsp3) is 0.304. The smallest absolute Gasteiger partial charge is 0.257 e. The average molecular weight is 409 g/mol. The summed E-state index contributed by atoms with van der Waals surface area (Å²) in [5.74, 6) is 0.0312. The molecule has 2 aromatic carbocycles. The summed E-state index contributed by atoms with van der Waals surface area (Å²) in [6.45, 7) is 1.52. The summed E-state index contributed by atoms with van der Waals surface area (Å²) in [7, 11) is 4.15. The van der Waals surface area contributed by atoms with Crippen LogP contribution in [0.3, 0.4) is 0 Å². The summed E-state index contributed by atoms with van der Waals surface area (Å²) in [6, 6.07) is 17.7. The summed E-state index contributed by atoms with van der Waals surface area (Å²) in [6.07, 6.45) is 3.97. The van der Waals surface area contributed by atoms with E-state index < -0.39 is 0 Å². The van der Waals surface area contributed by atoms with Crippen LogP contribution in [-0.4, -0.2) is 58.7 Å². The van der Waals surface area contributed by atoms with Gasteiger partial charge in [0.15, 0.2) is 0 Å². The molecule has 0 N–H and O–H groups in total. The van der Waals surface area contributed by atoms with Crippen molar-refractivity contribution in [3.8, 4) is 16.9 Å². The van der Waals surface area contributed by atoms with E-state index in [0.717, 1.165) is 37.2 Å². The molecule has 1 saturated heterocycles. The molecule has 0 spiro atoms. The molecule has 5 nitrogen and oxygen atoms in total. The highest BCUT2D eigenvalue weighted by atomic mass is 35.5. The lowest BCUT2D eigenvalue weighted by Crippen LogP contribution is -2.47. The number of benzene rings is 2. The Morgan fingerprint density at radius 3 is 2.52 bits per heavy atom. The van der Waals surface area contributed by atoms with E-state index in [4.69, 9.17) is 16.7 Å². The zero-order chi connectivity index (χ0) is 20.4. The van der Waals surface area contributed by atoms with Gasteiger partial charge in [-0.1, -0.05) is 41.9 Å². The Morgan fingerprint density at radius 1 is 1.10 bits per heavy atom. The van der Waals surface area contributed by atoms with Crippen molar-refractivity contribution in [3.05, 3.63) is 71.4 Å². The van der Waals surface area contributed by atoms with E-state index in [1.807, 2.05) is 65.7 Å². The Hall–Kier alpha value is -2.63. The number of amides is 1. The first-order valence-corrected chi connectivity index (χ1v) is 10.3. The van der Waals surface area contributed by atoms with Crippen molar-refractivity contribution in [1.29, 1.82) is 0 Å². The Labute approximate surface area is 176 Å². The van der Waals surface area contributed by atoms with Crippen LogP contribution in [-0.2, 0) is 0 Å². The first-order chi connectivity index (χ1) is 14.0. The number of hydrogen-bond acceptors (Lipinski definition) is 3. The lowest BCUT2D eigenvalue weighted by atomic mass is 10.0. The molecule has 1 aliphatic heterocycles. The topological polar surface area (TPSA) is 41.4 Å². The van der Waals surface area contributed by atoms with Gasteiger partial charge in [-0.15, -0.1) is 0 Å². The number of rotatable bonds is 4. The lowest BCUT2D eigenvalue weighted by molar-refractivity contribution is 0.0636. The van der Waals surface area contributed by atoms with Gasteiger partial charge >= 0.3 is 0 Å². The predicted molar refractivity (Wildman–Crippen MR) is 117 cm³/mol. The van der Waals surface area contributed by atoms with Crippen molar-refractivity contribution in [1.82, 2.24) is 19.6 Å². The molecule has 6 heteroatoms. The minimum absolute atomic E-state index is 0.0312. The highest BCUT2D eigenvalue weighted by Crippen LogP contribution is 2.27. The summed E-state index contributed by atoms with van der Waals surface area (Å²) >= 11 is 6.06. The third-order valence-electron chi connectivity index (χ3n) is 5.50. The second-order valence-electron chi connectivity index (χ2n) is 7.69. The Morgan fingerprint density at radius 2 is 1.83 bits per heavy atom. The van der Waals surface area contributed by atoms with Gasteiger partial charge in [-0.05, 0) is 51.2 Å². The van der Waals surface area contributed by atoms with Gasteiger partial charge in [0.25, 0.3) is 5.91 Å². The molecule has 29 heavy (non-hydrogen) atoms. The SMILES string of the molecule is CN(C)C1CCCN(C(=O)c2cn(-c3ccccc3)nc2-c2ccc(Cl)cc2)C1. The van der Waals surface area contributed by atoms with E-state index in [1.54, 1.807) is 4.68 Å². The van der Waals surface area contributed by atoms with Crippen LogP contribution in [0.4, 0.5) is 0 Å². The van der Waals surface area contributed by atoms with Crippen LogP contribution in [0.25, 0.3) is 16.9 Å². The Bertz CT molecular complexity index is 982. The number of carbonyl (C=O) groups is 1. The molecule has 1 atom stereocenters.